The van der Waals surface area contributed by atoms with Gasteiger partial charge in [0.2, 0.25) is 0 Å². The molecule has 0 saturated carbocycles. The van der Waals surface area contributed by atoms with Gasteiger partial charge in [0.25, 0.3) is 0 Å². The zero-order valence-electron chi connectivity index (χ0n) is 8.46. The molecule has 1 N–H and O–H groups in total. The fourth-order valence-electron chi connectivity index (χ4n) is 2.53. The van der Waals surface area contributed by atoms with Crippen molar-refractivity contribution in [1.29, 1.82) is 0 Å². The monoisotopic (exact) mass is 184 g/mol. The summed E-state index contributed by atoms with van der Waals surface area (Å²) in [5, 5.41) is 3.45. The summed E-state index contributed by atoms with van der Waals surface area (Å²) in [7, 11) is 0. The molecule has 13 heavy (non-hydrogen) atoms. The number of hydrogen-bond acceptors (Lipinski definition) is 3. The number of rotatable bonds is 1. The highest BCUT2D eigenvalue weighted by molar-refractivity contribution is 4.86. The average molecular weight is 184 g/mol. The normalized spacial score (nSPS) is 36.7. The van der Waals surface area contributed by atoms with Gasteiger partial charge in [0.15, 0.2) is 0 Å². The van der Waals surface area contributed by atoms with Crippen LogP contribution in [0.25, 0.3) is 0 Å². The van der Waals surface area contributed by atoms with Crippen molar-refractivity contribution in [2.45, 2.75) is 19.4 Å². The highest BCUT2D eigenvalue weighted by atomic mass is 16.5. The number of fused-ring (bicyclic) bond motifs is 1. The Hall–Kier alpha value is -0.120. The van der Waals surface area contributed by atoms with Gasteiger partial charge < -0.3 is 10.1 Å². The lowest BCUT2D eigenvalue weighted by atomic mass is 9.93. The van der Waals surface area contributed by atoms with Crippen LogP contribution in [0.3, 0.4) is 0 Å². The fraction of sp³-hybridized carbons (Fsp3) is 1.00. The lowest BCUT2D eigenvalue weighted by Gasteiger charge is -2.37. The SMILES string of the molecule is CCN1CCOCC2CNCCC21. The molecule has 0 aromatic carbocycles. The molecule has 0 radical (unpaired) electrons. The molecule has 2 saturated heterocycles. The molecule has 0 bridgehead atoms. The van der Waals surface area contributed by atoms with E-state index < -0.39 is 0 Å². The van der Waals surface area contributed by atoms with Crippen LogP contribution < -0.4 is 5.32 Å². The molecule has 76 valence electrons. The van der Waals surface area contributed by atoms with E-state index in [9.17, 15) is 0 Å². The van der Waals surface area contributed by atoms with E-state index in [0.717, 1.165) is 38.3 Å². The van der Waals surface area contributed by atoms with E-state index in [2.05, 4.69) is 17.1 Å². The Balaban J connectivity index is 2.02. The van der Waals surface area contributed by atoms with Crippen LogP contribution in [0, 0.1) is 5.92 Å². The van der Waals surface area contributed by atoms with Crippen LogP contribution >= 0.6 is 0 Å². The van der Waals surface area contributed by atoms with E-state index in [-0.39, 0.29) is 0 Å². The highest BCUT2D eigenvalue weighted by Crippen LogP contribution is 2.20. The molecule has 0 aromatic heterocycles. The minimum absolute atomic E-state index is 0.719. The Morgan fingerprint density at radius 1 is 1.54 bits per heavy atom. The number of piperidine rings is 1. The van der Waals surface area contributed by atoms with Crippen LogP contribution in [0.1, 0.15) is 13.3 Å². The summed E-state index contributed by atoms with van der Waals surface area (Å²) < 4.78 is 5.61. The number of ether oxygens (including phenoxy) is 1. The van der Waals surface area contributed by atoms with Crippen LogP contribution in [-0.4, -0.2) is 50.3 Å². The van der Waals surface area contributed by atoms with Crippen LogP contribution in [0.15, 0.2) is 0 Å². The zero-order chi connectivity index (χ0) is 9.10. The van der Waals surface area contributed by atoms with E-state index in [1.54, 1.807) is 0 Å². The molecule has 2 aliphatic rings. The summed E-state index contributed by atoms with van der Waals surface area (Å²) in [6.45, 7) is 8.74. The van der Waals surface area contributed by atoms with E-state index in [4.69, 9.17) is 4.74 Å². The third kappa shape index (κ3) is 2.03. The molecule has 2 aliphatic heterocycles. The second-order valence-electron chi connectivity index (χ2n) is 4.02. The van der Waals surface area contributed by atoms with Crippen molar-refractivity contribution in [2.24, 2.45) is 5.92 Å². The quantitative estimate of drug-likeness (QED) is 0.635. The second kappa shape index (κ2) is 4.40. The van der Waals surface area contributed by atoms with E-state index >= 15 is 0 Å². The predicted octanol–water partition coefficient (Wildman–Crippen LogP) is 0.317. The summed E-state index contributed by atoms with van der Waals surface area (Å²) in [6.07, 6.45) is 1.29. The second-order valence-corrected chi connectivity index (χ2v) is 4.02. The third-order valence-electron chi connectivity index (χ3n) is 3.30. The standard InChI is InChI=1S/C10H20N2O/c1-2-12-5-6-13-8-9-7-11-4-3-10(9)12/h9-11H,2-8H2,1H3. The Kier molecular flexibility index (Phi) is 3.19. The van der Waals surface area contributed by atoms with Crippen molar-refractivity contribution in [3.63, 3.8) is 0 Å². The predicted molar refractivity (Wildman–Crippen MR) is 52.8 cm³/mol. The molecular formula is C10H20N2O. The Morgan fingerprint density at radius 3 is 3.31 bits per heavy atom. The maximum atomic E-state index is 5.61. The average Bonchev–Trinajstić information content (AvgIpc) is 2.39. The first-order valence-electron chi connectivity index (χ1n) is 5.44. The minimum atomic E-state index is 0.719. The smallest absolute Gasteiger partial charge is 0.0593 e. The number of likely N-dealkylation sites (N-methyl/N-ethyl adjacent to an activating group) is 1. The van der Waals surface area contributed by atoms with E-state index in [1.165, 1.54) is 19.5 Å². The third-order valence-corrected chi connectivity index (χ3v) is 3.30. The summed E-state index contributed by atoms with van der Waals surface area (Å²) in [5.74, 6) is 0.719. The van der Waals surface area contributed by atoms with Gasteiger partial charge in [0.05, 0.1) is 13.2 Å². The minimum Gasteiger partial charge on any atom is -0.380 e. The van der Waals surface area contributed by atoms with Gasteiger partial charge in [0.1, 0.15) is 0 Å². The largest absolute Gasteiger partial charge is 0.380 e. The molecule has 2 atom stereocenters. The van der Waals surface area contributed by atoms with Gasteiger partial charge >= 0.3 is 0 Å². The Bertz CT molecular complexity index is 155. The van der Waals surface area contributed by atoms with Gasteiger partial charge in [-0.2, -0.15) is 0 Å². The van der Waals surface area contributed by atoms with Gasteiger partial charge in [-0.25, -0.2) is 0 Å². The summed E-state index contributed by atoms with van der Waals surface area (Å²) in [4.78, 5) is 2.58. The fourth-order valence-corrected chi connectivity index (χ4v) is 2.53. The molecule has 3 heteroatoms. The van der Waals surface area contributed by atoms with Crippen molar-refractivity contribution >= 4 is 0 Å². The first-order valence-corrected chi connectivity index (χ1v) is 5.44. The molecule has 0 spiro atoms. The molecule has 3 nitrogen and oxygen atoms in total. The first kappa shape index (κ1) is 9.44. The van der Waals surface area contributed by atoms with Gasteiger partial charge in [-0.05, 0) is 19.5 Å². The molecule has 0 amide bonds. The maximum Gasteiger partial charge on any atom is 0.0593 e. The van der Waals surface area contributed by atoms with E-state index in [0.29, 0.717) is 0 Å². The van der Waals surface area contributed by atoms with Gasteiger partial charge in [-0.3, -0.25) is 4.90 Å². The van der Waals surface area contributed by atoms with E-state index in [1.807, 2.05) is 0 Å². The zero-order valence-corrected chi connectivity index (χ0v) is 8.46. The van der Waals surface area contributed by atoms with Crippen LogP contribution in [-0.2, 0) is 4.74 Å². The molecular weight excluding hydrogens is 164 g/mol. The molecule has 0 aromatic rings. The molecule has 0 aliphatic carbocycles. The van der Waals surface area contributed by atoms with Crippen molar-refractivity contribution in [3.8, 4) is 0 Å². The summed E-state index contributed by atoms with van der Waals surface area (Å²) in [6, 6.07) is 0.772. The van der Waals surface area contributed by atoms with Crippen molar-refractivity contribution in [2.75, 3.05) is 39.4 Å². The number of hydrogen-bond donors (Lipinski definition) is 1. The van der Waals surface area contributed by atoms with Crippen molar-refractivity contribution in [3.05, 3.63) is 0 Å². The Morgan fingerprint density at radius 2 is 2.46 bits per heavy atom. The van der Waals surface area contributed by atoms with Gasteiger partial charge in [-0.15, -0.1) is 0 Å². The van der Waals surface area contributed by atoms with Gasteiger partial charge in [0, 0.05) is 25.0 Å². The van der Waals surface area contributed by atoms with Crippen LogP contribution in [0.2, 0.25) is 0 Å². The number of nitrogens with one attached hydrogen (secondary N) is 1. The Labute approximate surface area is 80.4 Å². The van der Waals surface area contributed by atoms with Crippen molar-refractivity contribution < 1.29 is 4.74 Å². The van der Waals surface area contributed by atoms with Gasteiger partial charge in [-0.1, -0.05) is 6.92 Å². The summed E-state index contributed by atoms with van der Waals surface area (Å²) in [5.41, 5.74) is 0. The first-order chi connectivity index (χ1) is 6.42. The lowest BCUT2D eigenvalue weighted by molar-refractivity contribution is 0.103. The number of nitrogens with zero attached hydrogens (tertiary/aromatic N) is 1. The summed E-state index contributed by atoms with van der Waals surface area (Å²) >= 11 is 0. The molecule has 2 unspecified atom stereocenters. The molecule has 2 heterocycles. The van der Waals surface area contributed by atoms with Crippen molar-refractivity contribution in [1.82, 2.24) is 10.2 Å². The molecule has 2 rings (SSSR count). The van der Waals surface area contributed by atoms with Crippen LogP contribution in [0.5, 0.6) is 0 Å². The lowest BCUT2D eigenvalue weighted by Crippen LogP contribution is -2.49. The topological polar surface area (TPSA) is 24.5 Å². The maximum absolute atomic E-state index is 5.61. The van der Waals surface area contributed by atoms with Crippen LogP contribution in [0.4, 0.5) is 0 Å². The molecule has 2 fully saturated rings. The highest BCUT2D eigenvalue weighted by Gasteiger charge is 2.31.